The molecule has 0 saturated heterocycles. The molecule has 0 bridgehead atoms. The fraction of sp³-hybridized carbons (Fsp3) is 0.875. The number of halogens is 2. The van der Waals surface area contributed by atoms with Gasteiger partial charge in [0, 0.05) is 6.42 Å². The normalized spacial score (nSPS) is 10.8. The van der Waals surface area contributed by atoms with Crippen molar-refractivity contribution in [2.75, 3.05) is 6.54 Å². The lowest BCUT2D eigenvalue weighted by molar-refractivity contribution is -0.122. The summed E-state index contributed by atoms with van der Waals surface area (Å²) >= 11 is 0. The van der Waals surface area contributed by atoms with Crippen LogP contribution < -0.4 is 5.32 Å². The summed E-state index contributed by atoms with van der Waals surface area (Å²) in [6.07, 6.45) is -1.37. The van der Waals surface area contributed by atoms with Gasteiger partial charge in [-0.05, 0) is 12.3 Å². The zero-order valence-corrected chi connectivity index (χ0v) is 7.44. The molecular weight excluding hydrogens is 164 g/mol. The van der Waals surface area contributed by atoms with Crippen molar-refractivity contribution in [2.24, 2.45) is 5.92 Å². The topological polar surface area (TPSA) is 29.1 Å². The molecule has 0 rings (SSSR count). The second-order valence-corrected chi connectivity index (χ2v) is 3.13. The largest absolute Gasteiger partial charge is 0.350 e. The van der Waals surface area contributed by atoms with E-state index >= 15 is 0 Å². The predicted octanol–water partition coefficient (Wildman–Crippen LogP) is 1.80. The Morgan fingerprint density at radius 3 is 2.42 bits per heavy atom. The van der Waals surface area contributed by atoms with Crippen LogP contribution in [-0.4, -0.2) is 18.9 Å². The minimum absolute atomic E-state index is 0.288. The lowest BCUT2D eigenvalue weighted by Crippen LogP contribution is -2.28. The third kappa shape index (κ3) is 7.44. The van der Waals surface area contributed by atoms with E-state index in [0.717, 1.165) is 6.42 Å². The third-order valence-corrected chi connectivity index (χ3v) is 1.40. The minimum atomic E-state index is -2.45. The minimum Gasteiger partial charge on any atom is -0.350 e. The van der Waals surface area contributed by atoms with E-state index in [1.165, 1.54) is 0 Å². The molecule has 4 heteroatoms. The van der Waals surface area contributed by atoms with Gasteiger partial charge in [-0.1, -0.05) is 13.8 Å². The van der Waals surface area contributed by atoms with Gasteiger partial charge in [0.05, 0.1) is 6.54 Å². The first-order valence-electron chi connectivity index (χ1n) is 4.07. The maximum Gasteiger partial charge on any atom is 0.255 e. The van der Waals surface area contributed by atoms with Gasteiger partial charge in [0.15, 0.2) is 0 Å². The molecule has 0 radical (unpaired) electrons. The average molecular weight is 179 g/mol. The molecule has 0 aliphatic carbocycles. The van der Waals surface area contributed by atoms with E-state index in [4.69, 9.17) is 0 Å². The van der Waals surface area contributed by atoms with Gasteiger partial charge in [-0.2, -0.15) is 0 Å². The molecule has 0 heterocycles. The molecule has 1 amide bonds. The van der Waals surface area contributed by atoms with Crippen LogP contribution in [0.4, 0.5) is 8.78 Å². The standard InChI is InChI=1S/C8H15F2NO/c1-6(2)3-4-8(12)11-5-7(9)10/h6-7H,3-5H2,1-2H3,(H,11,12). The van der Waals surface area contributed by atoms with Crippen LogP contribution in [0, 0.1) is 5.92 Å². The Morgan fingerprint density at radius 1 is 1.42 bits per heavy atom. The number of hydrogen-bond donors (Lipinski definition) is 1. The van der Waals surface area contributed by atoms with Crippen LogP contribution in [0.2, 0.25) is 0 Å². The Bertz CT molecular complexity index is 123. The Morgan fingerprint density at radius 2 is 2.00 bits per heavy atom. The van der Waals surface area contributed by atoms with E-state index in [0.29, 0.717) is 12.3 Å². The highest BCUT2D eigenvalue weighted by atomic mass is 19.3. The third-order valence-electron chi connectivity index (χ3n) is 1.40. The summed E-state index contributed by atoms with van der Waals surface area (Å²) < 4.78 is 23.2. The summed E-state index contributed by atoms with van der Waals surface area (Å²) in [4.78, 5) is 10.8. The maximum atomic E-state index is 11.6. The van der Waals surface area contributed by atoms with Crippen molar-refractivity contribution < 1.29 is 13.6 Å². The summed E-state index contributed by atoms with van der Waals surface area (Å²) in [6.45, 7) is 3.44. The summed E-state index contributed by atoms with van der Waals surface area (Å²) in [5, 5.41) is 2.15. The first kappa shape index (κ1) is 11.3. The quantitative estimate of drug-likeness (QED) is 0.685. The fourth-order valence-electron chi connectivity index (χ4n) is 0.699. The first-order chi connectivity index (χ1) is 5.52. The van der Waals surface area contributed by atoms with Gasteiger partial charge in [-0.25, -0.2) is 8.78 Å². The highest BCUT2D eigenvalue weighted by Crippen LogP contribution is 2.02. The van der Waals surface area contributed by atoms with Gasteiger partial charge in [0.25, 0.3) is 6.43 Å². The zero-order chi connectivity index (χ0) is 9.56. The van der Waals surface area contributed by atoms with Gasteiger partial charge >= 0.3 is 0 Å². The highest BCUT2D eigenvalue weighted by Gasteiger charge is 2.06. The monoisotopic (exact) mass is 179 g/mol. The highest BCUT2D eigenvalue weighted by molar-refractivity contribution is 5.75. The second-order valence-electron chi connectivity index (χ2n) is 3.13. The summed E-state index contributed by atoms with van der Waals surface area (Å²) in [5.74, 6) is 0.145. The number of alkyl halides is 2. The van der Waals surface area contributed by atoms with Crippen LogP contribution in [0.1, 0.15) is 26.7 Å². The lowest BCUT2D eigenvalue weighted by atomic mass is 10.1. The van der Waals surface area contributed by atoms with Crippen LogP contribution in [0.5, 0.6) is 0 Å². The number of amides is 1. The van der Waals surface area contributed by atoms with Crippen molar-refractivity contribution in [3.8, 4) is 0 Å². The molecule has 0 unspecified atom stereocenters. The van der Waals surface area contributed by atoms with E-state index in [-0.39, 0.29) is 5.91 Å². The Hall–Kier alpha value is -0.670. The molecule has 0 fully saturated rings. The molecule has 0 aromatic heterocycles. The summed E-state index contributed by atoms with van der Waals surface area (Å²) in [5.41, 5.74) is 0. The molecule has 0 atom stereocenters. The average Bonchev–Trinajstić information content (AvgIpc) is 1.96. The van der Waals surface area contributed by atoms with E-state index in [1.807, 2.05) is 13.8 Å². The number of hydrogen-bond acceptors (Lipinski definition) is 1. The lowest BCUT2D eigenvalue weighted by Gasteiger charge is -2.05. The van der Waals surface area contributed by atoms with Crippen molar-refractivity contribution in [1.82, 2.24) is 5.32 Å². The van der Waals surface area contributed by atoms with E-state index in [2.05, 4.69) is 5.32 Å². The fourth-order valence-corrected chi connectivity index (χ4v) is 0.699. The van der Waals surface area contributed by atoms with Crippen LogP contribution in [0.25, 0.3) is 0 Å². The predicted molar refractivity (Wildman–Crippen MR) is 43.1 cm³/mol. The van der Waals surface area contributed by atoms with Crippen molar-refractivity contribution in [1.29, 1.82) is 0 Å². The SMILES string of the molecule is CC(C)CCC(=O)NCC(F)F. The number of nitrogens with one attached hydrogen (secondary N) is 1. The Kier molecular flexibility index (Phi) is 5.58. The number of carbonyl (C=O) groups is 1. The molecule has 0 spiro atoms. The van der Waals surface area contributed by atoms with Crippen LogP contribution in [0.15, 0.2) is 0 Å². The molecule has 0 aromatic rings. The van der Waals surface area contributed by atoms with Crippen molar-refractivity contribution in [2.45, 2.75) is 33.1 Å². The van der Waals surface area contributed by atoms with E-state index < -0.39 is 13.0 Å². The van der Waals surface area contributed by atoms with E-state index in [9.17, 15) is 13.6 Å². The zero-order valence-electron chi connectivity index (χ0n) is 7.44. The second kappa shape index (κ2) is 5.91. The number of rotatable bonds is 5. The molecular formula is C8H15F2NO. The van der Waals surface area contributed by atoms with Gasteiger partial charge in [0.1, 0.15) is 0 Å². The summed E-state index contributed by atoms with van der Waals surface area (Å²) in [7, 11) is 0. The Labute approximate surface area is 71.3 Å². The smallest absolute Gasteiger partial charge is 0.255 e. The maximum absolute atomic E-state index is 11.6. The van der Waals surface area contributed by atoms with E-state index in [1.54, 1.807) is 0 Å². The number of carbonyl (C=O) groups excluding carboxylic acids is 1. The van der Waals surface area contributed by atoms with Gasteiger partial charge < -0.3 is 5.32 Å². The molecule has 2 nitrogen and oxygen atoms in total. The van der Waals surface area contributed by atoms with Crippen LogP contribution >= 0.6 is 0 Å². The molecule has 0 aliphatic heterocycles. The van der Waals surface area contributed by atoms with Gasteiger partial charge in [-0.3, -0.25) is 4.79 Å². The van der Waals surface area contributed by atoms with Gasteiger partial charge in [-0.15, -0.1) is 0 Å². The van der Waals surface area contributed by atoms with Crippen LogP contribution in [-0.2, 0) is 4.79 Å². The summed E-state index contributed by atoms with van der Waals surface area (Å²) in [6, 6.07) is 0. The van der Waals surface area contributed by atoms with Crippen molar-refractivity contribution in [3.63, 3.8) is 0 Å². The van der Waals surface area contributed by atoms with Crippen molar-refractivity contribution >= 4 is 5.91 Å². The molecule has 0 aromatic carbocycles. The van der Waals surface area contributed by atoms with Crippen LogP contribution in [0.3, 0.4) is 0 Å². The molecule has 0 saturated carbocycles. The first-order valence-corrected chi connectivity index (χ1v) is 4.07. The molecule has 0 aliphatic rings. The molecule has 72 valence electrons. The van der Waals surface area contributed by atoms with Crippen molar-refractivity contribution in [3.05, 3.63) is 0 Å². The van der Waals surface area contributed by atoms with Gasteiger partial charge in [0.2, 0.25) is 5.91 Å². The molecule has 12 heavy (non-hydrogen) atoms. The Balaban J connectivity index is 3.34. The molecule has 1 N–H and O–H groups in total.